The maximum absolute atomic E-state index is 12.8. The van der Waals surface area contributed by atoms with E-state index in [4.69, 9.17) is 13.9 Å². The molecule has 7 nitrogen and oxygen atoms in total. The first-order chi connectivity index (χ1) is 13.7. The molecule has 7 heteroatoms. The second-order valence-corrected chi connectivity index (χ2v) is 7.20. The van der Waals surface area contributed by atoms with E-state index in [-0.39, 0.29) is 12.7 Å². The summed E-state index contributed by atoms with van der Waals surface area (Å²) >= 11 is 0. The summed E-state index contributed by atoms with van der Waals surface area (Å²) in [5, 5.41) is 0. The summed E-state index contributed by atoms with van der Waals surface area (Å²) < 4.78 is 16.5. The number of ether oxygens (including phenoxy) is 2. The van der Waals surface area contributed by atoms with Gasteiger partial charge in [0.1, 0.15) is 5.52 Å². The topological polar surface area (TPSA) is 68.0 Å². The smallest absolute Gasteiger partial charge is 0.289 e. The number of furan rings is 1. The van der Waals surface area contributed by atoms with E-state index in [1.807, 2.05) is 36.1 Å². The van der Waals surface area contributed by atoms with Gasteiger partial charge in [-0.05, 0) is 36.8 Å². The van der Waals surface area contributed by atoms with Crippen LogP contribution >= 0.6 is 0 Å². The lowest BCUT2D eigenvalue weighted by Crippen LogP contribution is -2.48. The van der Waals surface area contributed by atoms with E-state index < -0.39 is 0 Å². The summed E-state index contributed by atoms with van der Waals surface area (Å²) in [7, 11) is 0. The third-order valence-corrected chi connectivity index (χ3v) is 5.23. The first kappa shape index (κ1) is 17.1. The van der Waals surface area contributed by atoms with Crippen molar-refractivity contribution in [1.82, 2.24) is 14.8 Å². The molecule has 0 bridgehead atoms. The van der Waals surface area contributed by atoms with E-state index in [0.717, 1.165) is 42.3 Å². The van der Waals surface area contributed by atoms with Crippen LogP contribution in [0.25, 0.3) is 11.1 Å². The van der Waals surface area contributed by atoms with Crippen LogP contribution in [0.4, 0.5) is 0 Å². The molecule has 1 saturated heterocycles. The van der Waals surface area contributed by atoms with Gasteiger partial charge < -0.3 is 18.8 Å². The average Bonchev–Trinajstić information content (AvgIpc) is 3.34. The predicted molar refractivity (Wildman–Crippen MR) is 102 cm³/mol. The van der Waals surface area contributed by atoms with E-state index in [1.54, 1.807) is 6.07 Å². The molecule has 144 valence electrons. The van der Waals surface area contributed by atoms with Gasteiger partial charge in [-0.2, -0.15) is 0 Å². The van der Waals surface area contributed by atoms with Crippen molar-refractivity contribution in [3.8, 4) is 11.5 Å². The highest BCUT2D eigenvalue weighted by Gasteiger charge is 2.25. The molecule has 0 N–H and O–H groups in total. The summed E-state index contributed by atoms with van der Waals surface area (Å²) in [5.41, 5.74) is 3.47. The van der Waals surface area contributed by atoms with Gasteiger partial charge in [0.2, 0.25) is 6.79 Å². The number of amides is 1. The number of hydrogen-bond acceptors (Lipinski definition) is 6. The zero-order valence-electron chi connectivity index (χ0n) is 15.7. The van der Waals surface area contributed by atoms with Crippen LogP contribution in [0.3, 0.4) is 0 Å². The number of hydrogen-bond donors (Lipinski definition) is 0. The van der Waals surface area contributed by atoms with Crippen molar-refractivity contribution >= 4 is 17.0 Å². The molecule has 2 aliphatic rings. The highest BCUT2D eigenvalue weighted by atomic mass is 16.7. The minimum absolute atomic E-state index is 0.0709. The van der Waals surface area contributed by atoms with Crippen LogP contribution in [0.1, 0.15) is 21.8 Å². The molecule has 1 fully saturated rings. The van der Waals surface area contributed by atoms with Crippen molar-refractivity contribution in [3.05, 3.63) is 53.4 Å². The van der Waals surface area contributed by atoms with Crippen LogP contribution in [0.15, 0.2) is 40.8 Å². The fourth-order valence-corrected chi connectivity index (χ4v) is 3.69. The largest absolute Gasteiger partial charge is 0.454 e. The molecule has 2 aromatic heterocycles. The number of benzene rings is 1. The number of rotatable bonds is 3. The van der Waals surface area contributed by atoms with Crippen molar-refractivity contribution in [2.75, 3.05) is 33.0 Å². The van der Waals surface area contributed by atoms with Gasteiger partial charge in [-0.1, -0.05) is 6.07 Å². The lowest BCUT2D eigenvalue weighted by Gasteiger charge is -2.34. The second kappa shape index (κ2) is 6.83. The number of piperazine rings is 1. The summed E-state index contributed by atoms with van der Waals surface area (Å²) in [6.07, 6.45) is 0. The van der Waals surface area contributed by atoms with Crippen molar-refractivity contribution in [2.24, 2.45) is 0 Å². The Bertz CT molecular complexity index is 1040. The second-order valence-electron chi connectivity index (χ2n) is 7.20. The molecule has 0 unspecified atom stereocenters. The van der Waals surface area contributed by atoms with Crippen LogP contribution in [0.5, 0.6) is 11.5 Å². The highest BCUT2D eigenvalue weighted by Crippen LogP contribution is 2.32. The Kier molecular flexibility index (Phi) is 4.16. The Morgan fingerprint density at radius 3 is 2.71 bits per heavy atom. The third kappa shape index (κ3) is 3.18. The maximum Gasteiger partial charge on any atom is 0.289 e. The SMILES string of the molecule is Cc1ccc2oc(C(=O)N3CCN(Cc4ccc5c(c4)OCO5)CC3)cc2n1. The fraction of sp³-hybridized carbons (Fsp3) is 0.333. The molecule has 28 heavy (non-hydrogen) atoms. The average molecular weight is 379 g/mol. The Labute approximate surface area is 162 Å². The minimum Gasteiger partial charge on any atom is -0.454 e. The van der Waals surface area contributed by atoms with E-state index in [0.29, 0.717) is 24.4 Å². The highest BCUT2D eigenvalue weighted by molar-refractivity contribution is 5.95. The Morgan fingerprint density at radius 2 is 1.86 bits per heavy atom. The molecule has 4 heterocycles. The normalized spacial score (nSPS) is 16.7. The molecule has 1 amide bonds. The zero-order chi connectivity index (χ0) is 19.1. The van der Waals surface area contributed by atoms with Gasteiger partial charge >= 0.3 is 0 Å². The molecule has 0 radical (unpaired) electrons. The summed E-state index contributed by atoms with van der Waals surface area (Å²) in [5.74, 6) is 1.89. The van der Waals surface area contributed by atoms with Crippen LogP contribution in [-0.4, -0.2) is 53.7 Å². The van der Waals surface area contributed by atoms with Crippen molar-refractivity contribution in [1.29, 1.82) is 0 Å². The predicted octanol–water partition coefficient (Wildman–Crippen LogP) is 2.82. The first-order valence-corrected chi connectivity index (χ1v) is 9.43. The van der Waals surface area contributed by atoms with Gasteiger partial charge in [-0.3, -0.25) is 9.69 Å². The molecule has 2 aliphatic heterocycles. The third-order valence-electron chi connectivity index (χ3n) is 5.23. The number of aromatic nitrogens is 1. The van der Waals surface area contributed by atoms with E-state index in [2.05, 4.69) is 16.0 Å². The van der Waals surface area contributed by atoms with Gasteiger partial charge in [-0.25, -0.2) is 4.98 Å². The Morgan fingerprint density at radius 1 is 1.04 bits per heavy atom. The molecule has 3 aromatic rings. The molecule has 5 rings (SSSR count). The summed E-state index contributed by atoms with van der Waals surface area (Å²) in [6.45, 7) is 6.02. The van der Waals surface area contributed by atoms with Gasteiger partial charge in [0, 0.05) is 44.5 Å². The number of carbonyl (C=O) groups excluding carboxylic acids is 1. The lowest BCUT2D eigenvalue weighted by atomic mass is 10.1. The summed E-state index contributed by atoms with van der Waals surface area (Å²) in [4.78, 5) is 21.4. The number of nitrogens with zero attached hydrogens (tertiary/aromatic N) is 3. The number of fused-ring (bicyclic) bond motifs is 2. The van der Waals surface area contributed by atoms with Crippen molar-refractivity contribution in [3.63, 3.8) is 0 Å². The van der Waals surface area contributed by atoms with Gasteiger partial charge in [0.15, 0.2) is 22.8 Å². The van der Waals surface area contributed by atoms with Crippen LogP contribution in [0, 0.1) is 6.92 Å². The molecule has 0 atom stereocenters. The van der Waals surface area contributed by atoms with Crippen LogP contribution < -0.4 is 9.47 Å². The maximum atomic E-state index is 12.8. The Balaban J connectivity index is 1.22. The first-order valence-electron chi connectivity index (χ1n) is 9.43. The molecule has 0 saturated carbocycles. The van der Waals surface area contributed by atoms with Crippen molar-refractivity contribution < 1.29 is 18.7 Å². The molecular weight excluding hydrogens is 358 g/mol. The zero-order valence-corrected chi connectivity index (χ0v) is 15.7. The van der Waals surface area contributed by atoms with E-state index in [1.165, 1.54) is 5.56 Å². The van der Waals surface area contributed by atoms with Gasteiger partial charge in [0.25, 0.3) is 5.91 Å². The minimum atomic E-state index is -0.0709. The summed E-state index contributed by atoms with van der Waals surface area (Å²) in [6, 6.07) is 11.5. The number of carbonyl (C=O) groups is 1. The van der Waals surface area contributed by atoms with Crippen molar-refractivity contribution in [2.45, 2.75) is 13.5 Å². The standard InChI is InChI=1S/C21H21N3O4/c1-14-2-4-17-16(22-14)11-20(28-17)21(25)24-8-6-23(7-9-24)12-15-3-5-18-19(10-15)27-13-26-18/h2-5,10-11H,6-9,12-13H2,1H3. The molecule has 0 aliphatic carbocycles. The lowest BCUT2D eigenvalue weighted by molar-refractivity contribution is 0.0600. The molecular formula is C21H21N3O4. The molecule has 0 spiro atoms. The van der Waals surface area contributed by atoms with Gasteiger partial charge in [0.05, 0.1) is 0 Å². The van der Waals surface area contributed by atoms with Crippen LogP contribution in [0.2, 0.25) is 0 Å². The molecule has 1 aromatic carbocycles. The quantitative estimate of drug-likeness (QED) is 0.697. The van der Waals surface area contributed by atoms with Crippen LogP contribution in [-0.2, 0) is 6.54 Å². The number of pyridine rings is 1. The Hall–Kier alpha value is -3.06. The van der Waals surface area contributed by atoms with E-state index >= 15 is 0 Å². The van der Waals surface area contributed by atoms with Gasteiger partial charge in [-0.15, -0.1) is 0 Å². The monoisotopic (exact) mass is 379 g/mol. The fourth-order valence-electron chi connectivity index (χ4n) is 3.69. The number of aryl methyl sites for hydroxylation is 1. The van der Waals surface area contributed by atoms with E-state index in [9.17, 15) is 4.79 Å².